The largest absolute Gasteiger partial charge is 0.497 e. The molecular weight excluding hydrogens is 348 g/mol. The summed E-state index contributed by atoms with van der Waals surface area (Å²) in [5, 5.41) is 13.7. The third-order valence-electron chi connectivity index (χ3n) is 4.04. The maximum Gasteiger partial charge on any atom is 0.270 e. The van der Waals surface area contributed by atoms with E-state index in [1.54, 1.807) is 42.5 Å². The van der Waals surface area contributed by atoms with E-state index in [-0.39, 0.29) is 17.4 Å². The number of nitrogens with zero attached hydrogens (tertiary/aromatic N) is 1. The molecule has 3 rings (SSSR count). The van der Waals surface area contributed by atoms with Gasteiger partial charge in [0.05, 0.1) is 12.0 Å². The molecule has 7 heteroatoms. The molecule has 7 nitrogen and oxygen atoms in total. The fourth-order valence-electron chi connectivity index (χ4n) is 2.84. The van der Waals surface area contributed by atoms with Crippen LogP contribution in [0, 0.1) is 10.1 Å². The average Bonchev–Trinajstić information content (AvgIpc) is 2.65. The van der Waals surface area contributed by atoms with Gasteiger partial charge >= 0.3 is 0 Å². The maximum atomic E-state index is 12.9. The average molecular weight is 364 g/mol. The lowest BCUT2D eigenvalue weighted by Crippen LogP contribution is -2.23. The highest BCUT2D eigenvalue weighted by atomic mass is 16.6. The van der Waals surface area contributed by atoms with Crippen LogP contribution >= 0.6 is 0 Å². The molecule has 0 heterocycles. The lowest BCUT2D eigenvalue weighted by molar-refractivity contribution is -0.384. The minimum Gasteiger partial charge on any atom is -0.497 e. The molecule has 1 amide bonds. The number of ketones is 1. The fourth-order valence-corrected chi connectivity index (χ4v) is 2.84. The van der Waals surface area contributed by atoms with Gasteiger partial charge in [-0.05, 0) is 35.9 Å². The van der Waals surface area contributed by atoms with E-state index in [0.717, 1.165) is 0 Å². The summed E-state index contributed by atoms with van der Waals surface area (Å²) in [4.78, 5) is 34.9. The molecule has 0 spiro atoms. The highest BCUT2D eigenvalue weighted by molar-refractivity contribution is 6.19. The molecule has 27 heavy (non-hydrogen) atoms. The molecule has 0 aromatic heterocycles. The number of non-ortho nitro benzene ring substituents is 1. The van der Waals surface area contributed by atoms with Gasteiger partial charge in [-0.25, -0.2) is 0 Å². The standard InChI is InChI=1S/C20H16N2O5/c1-12(23)21-19-10-14(8-13-4-3-5-15(9-13)22(25)26)20(24)18-11-16(27-2)6-7-17(18)19/h3-11H,1-2H3,(H,21,23). The maximum absolute atomic E-state index is 12.9. The molecule has 0 saturated carbocycles. The molecule has 0 fully saturated rings. The van der Waals surface area contributed by atoms with Gasteiger partial charge in [0, 0.05) is 41.5 Å². The summed E-state index contributed by atoms with van der Waals surface area (Å²) in [5.74, 6) is -0.0163. The number of fused-ring (bicyclic) bond motifs is 1. The van der Waals surface area contributed by atoms with E-state index in [0.29, 0.717) is 33.7 Å². The number of hydrogen-bond acceptors (Lipinski definition) is 5. The van der Waals surface area contributed by atoms with Gasteiger partial charge in [-0.2, -0.15) is 0 Å². The topological polar surface area (TPSA) is 98.5 Å². The summed E-state index contributed by atoms with van der Waals surface area (Å²) in [6.45, 7) is 1.38. The number of benzene rings is 2. The van der Waals surface area contributed by atoms with Crippen molar-refractivity contribution in [1.29, 1.82) is 0 Å². The first-order valence-corrected chi connectivity index (χ1v) is 8.07. The summed E-state index contributed by atoms with van der Waals surface area (Å²) in [7, 11) is 1.50. The quantitative estimate of drug-likeness (QED) is 0.509. The second kappa shape index (κ2) is 7.25. The third-order valence-corrected chi connectivity index (χ3v) is 4.04. The Morgan fingerprint density at radius 3 is 2.63 bits per heavy atom. The van der Waals surface area contributed by atoms with E-state index >= 15 is 0 Å². The van der Waals surface area contributed by atoms with Crippen LogP contribution < -0.4 is 10.1 Å². The van der Waals surface area contributed by atoms with Crippen LogP contribution in [0.15, 0.2) is 54.1 Å². The fraction of sp³-hybridized carbons (Fsp3) is 0.100. The Morgan fingerprint density at radius 2 is 1.96 bits per heavy atom. The predicted molar refractivity (Wildman–Crippen MR) is 100 cm³/mol. The molecule has 0 bridgehead atoms. The van der Waals surface area contributed by atoms with E-state index in [9.17, 15) is 19.7 Å². The van der Waals surface area contributed by atoms with E-state index in [1.165, 1.54) is 26.2 Å². The van der Waals surface area contributed by atoms with Crippen molar-refractivity contribution in [2.75, 3.05) is 7.11 Å². The molecule has 1 aliphatic rings. The number of nitrogens with one attached hydrogen (secondary N) is 1. The smallest absolute Gasteiger partial charge is 0.270 e. The van der Waals surface area contributed by atoms with Crippen LogP contribution in [0.3, 0.4) is 0 Å². The number of hydrogen-bond donors (Lipinski definition) is 1. The predicted octanol–water partition coefficient (Wildman–Crippen LogP) is 3.36. The van der Waals surface area contributed by atoms with Gasteiger partial charge in [-0.1, -0.05) is 12.1 Å². The highest BCUT2D eigenvalue weighted by Gasteiger charge is 2.24. The lowest BCUT2D eigenvalue weighted by Gasteiger charge is -2.20. The van der Waals surface area contributed by atoms with E-state index in [2.05, 4.69) is 5.32 Å². The number of nitro benzene ring substituents is 1. The second-order valence-corrected chi connectivity index (χ2v) is 5.93. The minimum atomic E-state index is -0.497. The van der Waals surface area contributed by atoms with Gasteiger partial charge in [-0.15, -0.1) is 0 Å². The van der Waals surface area contributed by atoms with Crippen LogP contribution in [0.4, 0.5) is 5.69 Å². The Hall–Kier alpha value is -3.74. The monoisotopic (exact) mass is 364 g/mol. The van der Waals surface area contributed by atoms with Gasteiger partial charge in [0.25, 0.3) is 5.69 Å². The van der Waals surface area contributed by atoms with Crippen LogP contribution in [-0.2, 0) is 4.79 Å². The zero-order valence-electron chi connectivity index (χ0n) is 14.7. The SMILES string of the molecule is COc1ccc2c(c1)C(=O)C(=Cc1cccc([N+](=O)[O-])c1)C=C2NC(C)=O. The number of ether oxygens (including phenoxy) is 1. The molecule has 2 aromatic rings. The summed E-state index contributed by atoms with van der Waals surface area (Å²) in [6, 6.07) is 11.0. The first-order valence-electron chi connectivity index (χ1n) is 8.07. The summed E-state index contributed by atoms with van der Waals surface area (Å²) in [5.41, 5.74) is 2.21. The number of carbonyl (C=O) groups is 2. The number of methoxy groups -OCH3 is 1. The third kappa shape index (κ3) is 3.77. The molecule has 0 atom stereocenters. The molecule has 0 unspecified atom stereocenters. The summed E-state index contributed by atoms with van der Waals surface area (Å²) in [6.07, 6.45) is 3.12. The number of nitro groups is 1. The summed E-state index contributed by atoms with van der Waals surface area (Å²) >= 11 is 0. The molecule has 0 aliphatic heterocycles. The van der Waals surface area contributed by atoms with Crippen LogP contribution in [-0.4, -0.2) is 23.7 Å². The Kier molecular flexibility index (Phi) is 4.85. The first-order chi connectivity index (χ1) is 12.9. The van der Waals surface area contributed by atoms with Crippen molar-refractivity contribution in [2.45, 2.75) is 6.92 Å². The zero-order chi connectivity index (χ0) is 19.6. The lowest BCUT2D eigenvalue weighted by atomic mass is 9.89. The Bertz CT molecular complexity index is 1020. The van der Waals surface area contributed by atoms with Crippen LogP contribution in [0.1, 0.15) is 28.4 Å². The molecule has 136 valence electrons. The van der Waals surface area contributed by atoms with Gasteiger partial charge in [0.2, 0.25) is 5.91 Å². The molecule has 0 saturated heterocycles. The van der Waals surface area contributed by atoms with Crippen LogP contribution in [0.5, 0.6) is 5.75 Å². The summed E-state index contributed by atoms with van der Waals surface area (Å²) < 4.78 is 5.19. The Morgan fingerprint density at radius 1 is 1.19 bits per heavy atom. The highest BCUT2D eigenvalue weighted by Crippen LogP contribution is 2.31. The van der Waals surface area contributed by atoms with Gasteiger partial charge in [0.15, 0.2) is 5.78 Å². The van der Waals surface area contributed by atoms with Crippen molar-refractivity contribution in [3.63, 3.8) is 0 Å². The number of amides is 1. The Labute approximate surface area is 155 Å². The molecule has 0 radical (unpaired) electrons. The Balaban J connectivity index is 2.12. The van der Waals surface area contributed by atoms with Crippen molar-refractivity contribution in [3.05, 3.63) is 80.9 Å². The van der Waals surface area contributed by atoms with Gasteiger partial charge in [0.1, 0.15) is 5.75 Å². The number of allylic oxidation sites excluding steroid dienone is 2. The molecular formula is C20H16N2O5. The first kappa shape index (κ1) is 18.1. The van der Waals surface area contributed by atoms with E-state index in [1.807, 2.05) is 0 Å². The van der Waals surface area contributed by atoms with Crippen molar-refractivity contribution in [3.8, 4) is 5.75 Å². The van der Waals surface area contributed by atoms with E-state index < -0.39 is 4.92 Å². The molecule has 2 aromatic carbocycles. The number of carbonyl (C=O) groups excluding carboxylic acids is 2. The van der Waals surface area contributed by atoms with Crippen molar-refractivity contribution in [1.82, 2.24) is 5.32 Å². The number of rotatable bonds is 4. The minimum absolute atomic E-state index is 0.0688. The van der Waals surface area contributed by atoms with Crippen LogP contribution in [0.2, 0.25) is 0 Å². The zero-order valence-corrected chi connectivity index (χ0v) is 14.7. The van der Waals surface area contributed by atoms with Crippen molar-refractivity contribution < 1.29 is 19.2 Å². The number of Topliss-reactive ketones (excluding diaryl/α,β-unsaturated/α-hetero) is 1. The molecule has 1 aliphatic carbocycles. The van der Waals surface area contributed by atoms with Crippen LogP contribution in [0.25, 0.3) is 11.8 Å². The second-order valence-electron chi connectivity index (χ2n) is 5.93. The van der Waals surface area contributed by atoms with Gasteiger partial charge < -0.3 is 10.1 Å². The van der Waals surface area contributed by atoms with Crippen molar-refractivity contribution >= 4 is 29.2 Å². The van der Waals surface area contributed by atoms with E-state index in [4.69, 9.17) is 4.74 Å². The van der Waals surface area contributed by atoms with Crippen molar-refractivity contribution in [2.24, 2.45) is 0 Å². The molecule has 1 N–H and O–H groups in total. The normalized spacial score (nSPS) is 14.4. The van der Waals surface area contributed by atoms with Gasteiger partial charge in [-0.3, -0.25) is 19.7 Å².